The second-order valence-electron chi connectivity index (χ2n) is 7.14. The first-order valence-electron chi connectivity index (χ1n) is 9.87. The van der Waals surface area contributed by atoms with E-state index in [0.29, 0.717) is 30.3 Å². The van der Waals surface area contributed by atoms with Crippen molar-refractivity contribution in [3.8, 4) is 28.5 Å². The molecule has 4 rings (SSSR count). The summed E-state index contributed by atoms with van der Waals surface area (Å²) in [7, 11) is 4.67. The van der Waals surface area contributed by atoms with Crippen molar-refractivity contribution in [1.29, 1.82) is 0 Å². The van der Waals surface area contributed by atoms with E-state index >= 15 is 0 Å². The van der Waals surface area contributed by atoms with E-state index < -0.39 is 0 Å². The number of benzene rings is 2. The van der Waals surface area contributed by atoms with Crippen molar-refractivity contribution in [2.24, 2.45) is 0 Å². The summed E-state index contributed by atoms with van der Waals surface area (Å²) in [5.74, 6) is 1.53. The summed E-state index contributed by atoms with van der Waals surface area (Å²) in [6, 6.07) is 13.6. The van der Waals surface area contributed by atoms with Gasteiger partial charge in [0.25, 0.3) is 0 Å². The van der Waals surface area contributed by atoms with Crippen LogP contribution in [0.25, 0.3) is 17.3 Å². The molecule has 8 heteroatoms. The van der Waals surface area contributed by atoms with Crippen molar-refractivity contribution >= 4 is 12.0 Å². The first-order chi connectivity index (χ1) is 15.1. The maximum absolute atomic E-state index is 12.5. The minimum atomic E-state index is -0.0617. The van der Waals surface area contributed by atoms with Crippen LogP contribution in [0.15, 0.2) is 54.7 Å². The van der Waals surface area contributed by atoms with Gasteiger partial charge in [0.2, 0.25) is 11.7 Å². The zero-order chi connectivity index (χ0) is 21.8. The van der Waals surface area contributed by atoms with E-state index in [0.717, 1.165) is 16.8 Å². The fourth-order valence-electron chi connectivity index (χ4n) is 3.47. The van der Waals surface area contributed by atoms with Gasteiger partial charge in [-0.3, -0.25) is 4.79 Å². The minimum absolute atomic E-state index is 0.0617. The molecule has 0 saturated carbocycles. The highest BCUT2D eigenvalue weighted by atomic mass is 16.5. The van der Waals surface area contributed by atoms with Crippen LogP contribution in [0.4, 0.5) is 0 Å². The topological polar surface area (TPSA) is 78.7 Å². The normalized spacial score (nSPS) is 13.8. The summed E-state index contributed by atoms with van der Waals surface area (Å²) in [5, 5.41) is 8.47. The van der Waals surface area contributed by atoms with E-state index in [9.17, 15) is 4.79 Å². The van der Waals surface area contributed by atoms with Crippen molar-refractivity contribution in [3.05, 3.63) is 60.3 Å². The lowest BCUT2D eigenvalue weighted by Crippen LogP contribution is -2.50. The Morgan fingerprint density at radius 3 is 2.32 bits per heavy atom. The molecule has 1 amide bonds. The molecule has 1 saturated heterocycles. The van der Waals surface area contributed by atoms with Gasteiger partial charge in [-0.25, -0.2) is 4.68 Å². The summed E-state index contributed by atoms with van der Waals surface area (Å²) in [6.45, 7) is 1.19. The van der Waals surface area contributed by atoms with Crippen LogP contribution in [0.1, 0.15) is 11.6 Å². The molecule has 31 heavy (non-hydrogen) atoms. The third kappa shape index (κ3) is 4.23. The molecule has 1 fully saturated rings. The van der Waals surface area contributed by atoms with Gasteiger partial charge in [-0.15, -0.1) is 5.10 Å². The van der Waals surface area contributed by atoms with Gasteiger partial charge < -0.3 is 19.1 Å². The van der Waals surface area contributed by atoms with E-state index in [1.165, 1.54) is 0 Å². The molecule has 1 aliphatic heterocycles. The molecule has 0 atom stereocenters. The van der Waals surface area contributed by atoms with Gasteiger partial charge in [-0.1, -0.05) is 35.5 Å². The van der Waals surface area contributed by atoms with E-state index in [4.69, 9.17) is 14.2 Å². The Hall–Kier alpha value is -3.81. The van der Waals surface area contributed by atoms with Gasteiger partial charge in [-0.2, -0.15) is 0 Å². The molecule has 0 aliphatic carbocycles. The third-order valence-electron chi connectivity index (χ3n) is 5.23. The van der Waals surface area contributed by atoms with E-state index in [-0.39, 0.29) is 11.9 Å². The highest BCUT2D eigenvalue weighted by Gasteiger charge is 2.31. The number of ether oxygens (including phenoxy) is 3. The molecule has 8 nitrogen and oxygen atoms in total. The first kappa shape index (κ1) is 20.5. The molecular weight excluding hydrogens is 396 g/mol. The van der Waals surface area contributed by atoms with Gasteiger partial charge in [0.15, 0.2) is 11.5 Å². The molecule has 2 aromatic carbocycles. The number of likely N-dealkylation sites (tertiary alicyclic amines) is 1. The molecule has 0 N–H and O–H groups in total. The van der Waals surface area contributed by atoms with Gasteiger partial charge in [0.1, 0.15) is 5.69 Å². The second kappa shape index (κ2) is 8.91. The molecule has 1 aliphatic rings. The predicted octanol–water partition coefficient (Wildman–Crippen LogP) is 3.07. The zero-order valence-corrected chi connectivity index (χ0v) is 17.7. The average molecular weight is 420 g/mol. The number of nitrogens with zero attached hydrogens (tertiary/aromatic N) is 4. The second-order valence-corrected chi connectivity index (χ2v) is 7.14. The van der Waals surface area contributed by atoms with Crippen LogP contribution in [0.3, 0.4) is 0 Å². The van der Waals surface area contributed by atoms with Crippen LogP contribution < -0.4 is 14.2 Å². The van der Waals surface area contributed by atoms with Crippen LogP contribution in [0.5, 0.6) is 17.2 Å². The SMILES string of the molecule is COc1cc(/C=C/C(=O)N2CC(n3cc(-c4ccccc4)nn3)C2)cc(OC)c1OC. The van der Waals surface area contributed by atoms with Crippen molar-refractivity contribution in [3.63, 3.8) is 0 Å². The van der Waals surface area contributed by atoms with Crippen LogP contribution >= 0.6 is 0 Å². The molecule has 3 aromatic rings. The number of rotatable bonds is 7. The van der Waals surface area contributed by atoms with Crippen molar-refractivity contribution in [2.75, 3.05) is 34.4 Å². The Bertz CT molecular complexity index is 1060. The van der Waals surface area contributed by atoms with Gasteiger partial charge >= 0.3 is 0 Å². The fraction of sp³-hybridized carbons (Fsp3) is 0.261. The smallest absolute Gasteiger partial charge is 0.246 e. The molecule has 0 bridgehead atoms. The predicted molar refractivity (Wildman–Crippen MR) is 116 cm³/mol. The molecule has 0 unspecified atom stereocenters. The van der Waals surface area contributed by atoms with Crippen molar-refractivity contribution in [2.45, 2.75) is 6.04 Å². The van der Waals surface area contributed by atoms with Crippen molar-refractivity contribution < 1.29 is 19.0 Å². The Labute approximate surface area is 180 Å². The summed E-state index contributed by atoms with van der Waals surface area (Å²) in [4.78, 5) is 14.3. The van der Waals surface area contributed by atoms with E-state index in [1.54, 1.807) is 50.5 Å². The Kier molecular flexibility index (Phi) is 5.88. The molecule has 1 aromatic heterocycles. The van der Waals surface area contributed by atoms with Crippen LogP contribution in [-0.2, 0) is 4.79 Å². The standard InChI is InChI=1S/C23H24N4O4/c1-29-20-11-16(12-21(30-2)23(20)31-3)9-10-22(28)26-13-18(14-26)27-15-19(24-25-27)17-7-5-4-6-8-17/h4-12,15,18H,13-14H2,1-3H3/b10-9+. The van der Waals surface area contributed by atoms with Crippen molar-refractivity contribution in [1.82, 2.24) is 19.9 Å². The quantitative estimate of drug-likeness (QED) is 0.547. The minimum Gasteiger partial charge on any atom is -0.493 e. The molecular formula is C23H24N4O4. The fourth-order valence-corrected chi connectivity index (χ4v) is 3.47. The lowest BCUT2D eigenvalue weighted by Gasteiger charge is -2.38. The molecule has 2 heterocycles. The lowest BCUT2D eigenvalue weighted by molar-refractivity contribution is -0.131. The molecule has 160 valence electrons. The Morgan fingerprint density at radius 1 is 1.03 bits per heavy atom. The number of hydrogen-bond acceptors (Lipinski definition) is 6. The Morgan fingerprint density at radius 2 is 1.71 bits per heavy atom. The van der Waals surface area contributed by atoms with E-state index in [1.807, 2.05) is 41.2 Å². The van der Waals surface area contributed by atoms with Crippen LogP contribution in [-0.4, -0.2) is 60.2 Å². The summed E-state index contributed by atoms with van der Waals surface area (Å²) in [5.41, 5.74) is 2.63. The van der Waals surface area contributed by atoms with Gasteiger partial charge in [0.05, 0.1) is 33.6 Å². The summed E-state index contributed by atoms with van der Waals surface area (Å²) >= 11 is 0. The largest absolute Gasteiger partial charge is 0.493 e. The number of carbonyl (C=O) groups excluding carboxylic acids is 1. The highest BCUT2D eigenvalue weighted by Crippen LogP contribution is 2.38. The maximum Gasteiger partial charge on any atom is 0.246 e. The number of amides is 1. The maximum atomic E-state index is 12.5. The number of methoxy groups -OCH3 is 3. The van der Waals surface area contributed by atoms with Crippen LogP contribution in [0.2, 0.25) is 0 Å². The zero-order valence-electron chi connectivity index (χ0n) is 17.7. The monoisotopic (exact) mass is 420 g/mol. The third-order valence-corrected chi connectivity index (χ3v) is 5.23. The van der Waals surface area contributed by atoms with Gasteiger partial charge in [0, 0.05) is 24.7 Å². The average Bonchev–Trinajstić information content (AvgIpc) is 3.26. The first-order valence-corrected chi connectivity index (χ1v) is 9.87. The van der Waals surface area contributed by atoms with Crippen LogP contribution in [0, 0.1) is 0 Å². The number of carbonyl (C=O) groups is 1. The molecule has 0 radical (unpaired) electrons. The number of hydrogen-bond donors (Lipinski definition) is 0. The van der Waals surface area contributed by atoms with Gasteiger partial charge in [-0.05, 0) is 23.8 Å². The molecule has 0 spiro atoms. The lowest BCUT2D eigenvalue weighted by atomic mass is 10.1. The Balaban J connectivity index is 1.38. The van der Waals surface area contributed by atoms with E-state index in [2.05, 4.69) is 10.3 Å². The highest BCUT2D eigenvalue weighted by molar-refractivity contribution is 5.92. The number of aromatic nitrogens is 3. The summed E-state index contributed by atoms with van der Waals surface area (Å²) < 4.78 is 17.9. The summed E-state index contributed by atoms with van der Waals surface area (Å²) in [6.07, 6.45) is 5.21.